The summed E-state index contributed by atoms with van der Waals surface area (Å²) in [6, 6.07) is 13.6. The predicted octanol–water partition coefficient (Wildman–Crippen LogP) is 3.19. The number of rotatable bonds is 8. The maximum absolute atomic E-state index is 6.32. The van der Waals surface area contributed by atoms with Gasteiger partial charge in [-0.2, -0.15) is 4.98 Å². The van der Waals surface area contributed by atoms with E-state index in [0.717, 1.165) is 47.8 Å². The SMILES string of the molecule is CN(C)CCOc1cccc(-c2nccc3c(N)nc(Nc4ccc(N5CCOCC5)nc4)nc23)c1. The number of hydrogen-bond donors (Lipinski definition) is 2. The Balaban J connectivity index is 1.41. The van der Waals surface area contributed by atoms with E-state index in [1.807, 2.05) is 56.6 Å². The molecule has 0 spiro atoms. The van der Waals surface area contributed by atoms with Gasteiger partial charge in [-0.3, -0.25) is 4.98 Å². The summed E-state index contributed by atoms with van der Waals surface area (Å²) in [4.78, 5) is 22.7. The summed E-state index contributed by atoms with van der Waals surface area (Å²) >= 11 is 0. The number of aromatic nitrogens is 4. The summed E-state index contributed by atoms with van der Waals surface area (Å²) in [5, 5.41) is 3.97. The van der Waals surface area contributed by atoms with Crippen molar-refractivity contribution < 1.29 is 9.47 Å². The summed E-state index contributed by atoms with van der Waals surface area (Å²) in [5.41, 5.74) is 9.36. The van der Waals surface area contributed by atoms with E-state index in [1.165, 1.54) is 0 Å². The number of nitrogen functional groups attached to an aromatic ring is 1. The fourth-order valence-corrected chi connectivity index (χ4v) is 3.99. The Kier molecular flexibility index (Phi) is 7.06. The van der Waals surface area contributed by atoms with Crippen molar-refractivity contribution >= 4 is 34.2 Å². The molecule has 10 heteroatoms. The highest BCUT2D eigenvalue weighted by molar-refractivity contribution is 5.97. The molecule has 0 saturated carbocycles. The summed E-state index contributed by atoms with van der Waals surface area (Å²) < 4.78 is 11.3. The van der Waals surface area contributed by atoms with E-state index in [1.54, 1.807) is 12.4 Å². The topological polar surface area (TPSA) is 115 Å². The third-order valence-electron chi connectivity index (χ3n) is 5.90. The van der Waals surface area contributed by atoms with Gasteiger partial charge < -0.3 is 30.3 Å². The van der Waals surface area contributed by atoms with Crippen LogP contribution in [0.4, 0.5) is 23.3 Å². The van der Waals surface area contributed by atoms with Gasteiger partial charge >= 0.3 is 0 Å². The molecule has 5 rings (SSSR count). The quantitative estimate of drug-likeness (QED) is 0.385. The maximum Gasteiger partial charge on any atom is 0.229 e. The number of morpholine rings is 1. The van der Waals surface area contributed by atoms with Crippen LogP contribution in [-0.4, -0.2) is 78.4 Å². The molecule has 0 atom stereocenters. The molecule has 4 aromatic rings. The maximum atomic E-state index is 6.32. The predicted molar refractivity (Wildman–Crippen MR) is 142 cm³/mol. The third kappa shape index (κ3) is 5.45. The van der Waals surface area contributed by atoms with Gasteiger partial charge in [0.1, 0.15) is 29.5 Å². The van der Waals surface area contributed by atoms with Crippen LogP contribution in [0.15, 0.2) is 54.9 Å². The van der Waals surface area contributed by atoms with Gasteiger partial charge in [-0.05, 0) is 44.4 Å². The molecular formula is C26H30N8O2. The molecule has 1 aromatic carbocycles. The van der Waals surface area contributed by atoms with Crippen LogP contribution in [0, 0.1) is 0 Å². The van der Waals surface area contributed by atoms with Crippen LogP contribution in [0.5, 0.6) is 5.75 Å². The van der Waals surface area contributed by atoms with E-state index in [-0.39, 0.29) is 0 Å². The van der Waals surface area contributed by atoms with Crippen LogP contribution in [0.25, 0.3) is 22.2 Å². The minimum absolute atomic E-state index is 0.377. The lowest BCUT2D eigenvalue weighted by Crippen LogP contribution is -2.36. The zero-order chi connectivity index (χ0) is 24.9. The van der Waals surface area contributed by atoms with Crippen molar-refractivity contribution in [3.8, 4) is 17.0 Å². The molecule has 4 heterocycles. The Hall–Kier alpha value is -4.02. The Morgan fingerprint density at radius 2 is 1.94 bits per heavy atom. The fourth-order valence-electron chi connectivity index (χ4n) is 3.99. The van der Waals surface area contributed by atoms with E-state index in [2.05, 4.69) is 30.1 Å². The average Bonchev–Trinajstić information content (AvgIpc) is 2.89. The number of nitrogens with one attached hydrogen (secondary N) is 1. The Labute approximate surface area is 210 Å². The smallest absolute Gasteiger partial charge is 0.229 e. The highest BCUT2D eigenvalue weighted by Gasteiger charge is 2.15. The summed E-state index contributed by atoms with van der Waals surface area (Å²) in [6.07, 6.45) is 3.49. The zero-order valence-electron chi connectivity index (χ0n) is 20.5. The molecule has 186 valence electrons. The summed E-state index contributed by atoms with van der Waals surface area (Å²) in [7, 11) is 4.04. The normalized spacial score (nSPS) is 13.8. The molecule has 0 aliphatic carbocycles. The van der Waals surface area contributed by atoms with Crippen molar-refractivity contribution in [2.24, 2.45) is 0 Å². The summed E-state index contributed by atoms with van der Waals surface area (Å²) in [6.45, 7) is 4.53. The third-order valence-corrected chi connectivity index (χ3v) is 5.90. The number of hydrogen-bond acceptors (Lipinski definition) is 10. The standard InChI is InChI=1S/C26H30N8O2/c1-33(2)10-15-36-20-5-3-4-18(16-20)23-24-21(8-9-28-23)25(27)32-26(31-24)30-19-6-7-22(29-17-19)34-11-13-35-14-12-34/h3-9,16-17H,10-15H2,1-2H3,(H3,27,30,31,32). The second-order valence-corrected chi connectivity index (χ2v) is 8.80. The van der Waals surface area contributed by atoms with Crippen LogP contribution >= 0.6 is 0 Å². The second-order valence-electron chi connectivity index (χ2n) is 8.80. The molecule has 10 nitrogen and oxygen atoms in total. The molecule has 3 aromatic heterocycles. The molecule has 0 unspecified atom stereocenters. The molecule has 36 heavy (non-hydrogen) atoms. The van der Waals surface area contributed by atoms with E-state index in [0.29, 0.717) is 42.8 Å². The lowest BCUT2D eigenvalue weighted by Gasteiger charge is -2.27. The van der Waals surface area contributed by atoms with Crippen molar-refractivity contribution in [3.63, 3.8) is 0 Å². The number of benzene rings is 1. The van der Waals surface area contributed by atoms with E-state index in [9.17, 15) is 0 Å². The average molecular weight is 487 g/mol. The molecule has 0 amide bonds. The van der Waals surface area contributed by atoms with Crippen molar-refractivity contribution in [3.05, 3.63) is 54.9 Å². The zero-order valence-corrected chi connectivity index (χ0v) is 20.5. The minimum Gasteiger partial charge on any atom is -0.492 e. The van der Waals surface area contributed by atoms with Crippen molar-refractivity contribution in [2.75, 3.05) is 69.5 Å². The number of ether oxygens (including phenoxy) is 2. The first-order valence-electron chi connectivity index (χ1n) is 11.9. The van der Waals surface area contributed by atoms with Crippen LogP contribution in [0.3, 0.4) is 0 Å². The fraction of sp³-hybridized carbons (Fsp3) is 0.308. The largest absolute Gasteiger partial charge is 0.492 e. The van der Waals surface area contributed by atoms with E-state index >= 15 is 0 Å². The van der Waals surface area contributed by atoms with Crippen molar-refractivity contribution in [1.82, 2.24) is 24.8 Å². The van der Waals surface area contributed by atoms with Gasteiger partial charge in [0.2, 0.25) is 5.95 Å². The Morgan fingerprint density at radius 3 is 2.72 bits per heavy atom. The molecule has 3 N–H and O–H groups in total. The van der Waals surface area contributed by atoms with Gasteiger partial charge in [-0.25, -0.2) is 9.97 Å². The molecule has 1 aliphatic heterocycles. The highest BCUT2D eigenvalue weighted by Crippen LogP contribution is 2.31. The van der Waals surface area contributed by atoms with Crippen LogP contribution in [0.1, 0.15) is 0 Å². The van der Waals surface area contributed by atoms with Crippen LogP contribution in [0.2, 0.25) is 0 Å². The first kappa shape index (κ1) is 23.7. The van der Waals surface area contributed by atoms with Gasteiger partial charge in [0.25, 0.3) is 0 Å². The number of pyridine rings is 2. The summed E-state index contributed by atoms with van der Waals surface area (Å²) in [5.74, 6) is 2.46. The number of nitrogens with two attached hydrogens (primary N) is 1. The highest BCUT2D eigenvalue weighted by atomic mass is 16.5. The lowest BCUT2D eigenvalue weighted by atomic mass is 10.1. The first-order valence-corrected chi connectivity index (χ1v) is 11.9. The van der Waals surface area contributed by atoms with Crippen LogP contribution < -0.4 is 20.7 Å². The molecule has 0 bridgehead atoms. The van der Waals surface area contributed by atoms with E-state index < -0.39 is 0 Å². The van der Waals surface area contributed by atoms with Gasteiger partial charge in [-0.15, -0.1) is 0 Å². The Bertz CT molecular complexity index is 1320. The number of likely N-dealkylation sites (N-methyl/N-ethyl adjacent to an activating group) is 1. The molecule has 0 radical (unpaired) electrons. The molecule has 1 aliphatic rings. The minimum atomic E-state index is 0.377. The van der Waals surface area contributed by atoms with Crippen LogP contribution in [-0.2, 0) is 4.74 Å². The first-order chi connectivity index (χ1) is 17.6. The molecular weight excluding hydrogens is 456 g/mol. The van der Waals surface area contributed by atoms with Gasteiger partial charge in [-0.1, -0.05) is 12.1 Å². The second kappa shape index (κ2) is 10.7. The van der Waals surface area contributed by atoms with Gasteiger partial charge in [0.15, 0.2) is 0 Å². The number of fused-ring (bicyclic) bond motifs is 1. The lowest BCUT2D eigenvalue weighted by molar-refractivity contribution is 0.122. The van der Waals surface area contributed by atoms with Crippen molar-refractivity contribution in [2.45, 2.75) is 0 Å². The number of anilines is 4. The molecule has 1 saturated heterocycles. The molecule has 1 fully saturated rings. The van der Waals surface area contributed by atoms with Gasteiger partial charge in [0, 0.05) is 36.8 Å². The monoisotopic (exact) mass is 486 g/mol. The van der Waals surface area contributed by atoms with Crippen molar-refractivity contribution in [1.29, 1.82) is 0 Å². The van der Waals surface area contributed by atoms with E-state index in [4.69, 9.17) is 20.2 Å². The Morgan fingerprint density at radius 1 is 1.08 bits per heavy atom. The number of nitrogens with zero attached hydrogens (tertiary/aromatic N) is 6. The van der Waals surface area contributed by atoms with Gasteiger partial charge in [0.05, 0.1) is 30.8 Å².